The summed E-state index contributed by atoms with van der Waals surface area (Å²) in [4.78, 5) is 166. The number of esters is 2. The first-order valence-corrected chi connectivity index (χ1v) is 38.5. The van der Waals surface area contributed by atoms with Gasteiger partial charge in [0.15, 0.2) is 11.3 Å². The molecule has 0 spiro atoms. The first-order valence-electron chi connectivity index (χ1n) is 38.1. The molecular weight excluding hydrogens is 1570 g/mol. The van der Waals surface area contributed by atoms with Crippen LogP contribution >= 0.6 is 11.6 Å². The van der Waals surface area contributed by atoms with Crippen molar-refractivity contribution in [3.63, 3.8) is 0 Å². The van der Waals surface area contributed by atoms with Gasteiger partial charge in [0, 0.05) is 159 Å². The van der Waals surface area contributed by atoms with Crippen LogP contribution in [0.25, 0.3) is 11.3 Å². The minimum atomic E-state index is -1.31. The zero-order valence-corrected chi connectivity index (χ0v) is 72.0. The number of anilines is 6. The van der Waals surface area contributed by atoms with E-state index >= 15 is 0 Å². The Morgan fingerprint density at radius 2 is 0.725 bits per heavy atom. The second kappa shape index (κ2) is 41.0. The number of carboxylic acids is 1. The topological polar surface area (TPSA) is 454 Å². The number of carboxylic acid groups (broad SMARTS) is 1. The molecule has 120 heavy (non-hydrogen) atoms. The molecule has 4 aliphatic rings. The van der Waals surface area contributed by atoms with Gasteiger partial charge in [-0.2, -0.15) is 0 Å². The van der Waals surface area contributed by atoms with Crippen LogP contribution in [0.3, 0.4) is 0 Å². The predicted molar refractivity (Wildman–Crippen MR) is 437 cm³/mol. The van der Waals surface area contributed by atoms with E-state index < -0.39 is 34.7 Å². The second-order valence-electron chi connectivity index (χ2n) is 31.3. The van der Waals surface area contributed by atoms with Gasteiger partial charge in [0.25, 0.3) is 11.8 Å². The number of aromatic nitrogens is 16. The van der Waals surface area contributed by atoms with Gasteiger partial charge >= 0.3 is 49.1 Å². The van der Waals surface area contributed by atoms with Crippen LogP contribution in [-0.2, 0) is 23.7 Å². The number of likely N-dealkylation sites (N-methyl/N-ethyl adjacent to an activating group) is 4. The molecule has 4 atom stereocenters. The van der Waals surface area contributed by atoms with Crippen molar-refractivity contribution >= 4 is 106 Å². The van der Waals surface area contributed by atoms with Crippen LogP contribution in [-0.4, -0.2) is 277 Å². The Kier molecular flexibility index (Phi) is 31.9. The average molecular weight is 1670 g/mol. The molecule has 636 valence electrons. The predicted octanol–water partition coefficient (Wildman–Crippen LogP) is 3.94. The van der Waals surface area contributed by atoms with Crippen LogP contribution in [0.15, 0.2) is 86.8 Å². The Morgan fingerprint density at radius 3 is 1.02 bits per heavy atom. The van der Waals surface area contributed by atoms with Crippen LogP contribution in [0.5, 0.6) is 0 Å². The Balaban J connectivity index is 0.000000192. The van der Waals surface area contributed by atoms with Crippen molar-refractivity contribution in [2.75, 3.05) is 125 Å². The SMILES string of the molecule is CN(C(=O)OC(C)(C)C)[C@@H]1CCN(c2ncc(C(=O)[O-])cn2)C1.CN[C@@H]1CCN(c2ncc(C(=O)Nc3cn4cc(C)nc4c(C)n3)cn2)C1.COC(=O)c1cnc(Cl)nc1.COC(=O)c1cnc(N2CC[C@@H](N(C)C(=O)OC(C)(C)C)C2)nc1.Cc1cn2cc(NC(=O)c3cnc(N4CC[C@@H](N(C)C(=O)OC(C)(C)C)C4)nc3)nc(C)c2n1.[Li+]. The number of imidazole rings is 2. The normalized spacial score (nSPS) is 16.1. The molecule has 13 rings (SSSR count). The van der Waals surface area contributed by atoms with Gasteiger partial charge in [-0.25, -0.2) is 93.7 Å². The number of carbonyl (C=O) groups excluding carboxylic acids is 8. The molecule has 0 aliphatic carbocycles. The third-order valence-corrected chi connectivity index (χ3v) is 18.8. The maximum absolute atomic E-state index is 12.7. The molecule has 0 bridgehead atoms. The zero-order valence-electron chi connectivity index (χ0n) is 71.3. The number of methoxy groups -OCH3 is 2. The van der Waals surface area contributed by atoms with Gasteiger partial charge in [-0.05, 0) is 134 Å². The Hall–Kier alpha value is -12.2. The standard InChI is InChI=1S/C23H30N8O3.C18H22N8O.C16H24N4O4.C15H22N4O4.C6H5ClN2O2.Li/c1-14-11-31-13-18(27-15(2)19(31)26-14)28-20(32)16-9-24-21(25-10-16)30-8-7-17(12-30)29(6)22(33)34-23(3,4)5;1-11-8-26-10-15(23-12(2)16(26)22-11)24-17(27)13-6-20-18(21-7-13)25-5-4-14(9-25)19-3;1-16(2,3)24-15(22)19(4)12-6-7-20(10-12)14-17-8-11(9-18-14)13(21)23-5;1-15(2,3)23-14(22)18(4)11-5-6-19(9-11)13-16-7-10(8-17-13)12(20)21;1-11-5(10)4-2-8-6(7)9-3-4;/h9-11,13,17H,7-8,12H2,1-6H3,(H,28,32);6-8,10,14,19H,4-5,9H2,1-3H3,(H,24,27);8-9,12H,6-7,10H2,1-5H3;7-8,11H,5-6,9H2,1-4H3,(H,20,21);2-3H,1H3;/q;;;;;+1/p-1/t17-;14-;12-;11-;;/m1111../s1. The minimum Gasteiger partial charge on any atom is -0.545 e. The summed E-state index contributed by atoms with van der Waals surface area (Å²) in [7, 11) is 9.76. The smallest absolute Gasteiger partial charge is 0.545 e. The van der Waals surface area contributed by atoms with Crippen molar-refractivity contribution in [2.45, 2.75) is 157 Å². The fraction of sp³-hybridized carbons (Fsp3) is 0.487. The molecule has 0 aromatic carbocycles. The molecule has 4 aliphatic heterocycles. The van der Waals surface area contributed by atoms with Crippen molar-refractivity contribution in [3.05, 3.63) is 143 Å². The minimum absolute atomic E-state index is 0. The summed E-state index contributed by atoms with van der Waals surface area (Å²) >= 11 is 5.39. The van der Waals surface area contributed by atoms with Gasteiger partial charge in [0.2, 0.25) is 29.1 Å². The van der Waals surface area contributed by atoms with Crippen LogP contribution in [0.4, 0.5) is 49.8 Å². The Labute approximate surface area is 711 Å². The molecule has 5 amide bonds. The van der Waals surface area contributed by atoms with E-state index in [0.29, 0.717) is 90.9 Å². The number of carbonyl (C=O) groups is 8. The molecule has 4 fully saturated rings. The van der Waals surface area contributed by atoms with Crippen LogP contribution in [0, 0.1) is 27.7 Å². The number of fused-ring (bicyclic) bond motifs is 2. The summed E-state index contributed by atoms with van der Waals surface area (Å²) in [5, 5.41) is 19.7. The zero-order chi connectivity index (χ0) is 87.0. The summed E-state index contributed by atoms with van der Waals surface area (Å²) < 4.78 is 28.9. The number of amides is 5. The fourth-order valence-corrected chi connectivity index (χ4v) is 12.5. The third-order valence-electron chi connectivity index (χ3n) is 18.6. The number of rotatable bonds is 15. The number of aromatic carboxylic acids is 1. The van der Waals surface area contributed by atoms with E-state index in [-0.39, 0.29) is 83.5 Å². The number of hydrogen-bond donors (Lipinski definition) is 3. The van der Waals surface area contributed by atoms with E-state index in [0.717, 1.165) is 79.4 Å². The number of nitrogens with zero attached hydrogens (tertiary/aromatic N) is 23. The van der Waals surface area contributed by atoms with Gasteiger partial charge in [0.05, 0.1) is 95.7 Å². The molecular formula is C78H102ClLiN26O14. The van der Waals surface area contributed by atoms with E-state index in [9.17, 15) is 43.5 Å². The van der Waals surface area contributed by atoms with Crippen molar-refractivity contribution in [1.82, 2.24) is 98.6 Å². The summed E-state index contributed by atoms with van der Waals surface area (Å²) in [6, 6.07) is 0.475. The number of halogens is 1. The largest absolute Gasteiger partial charge is 1.00 e. The third kappa shape index (κ3) is 26.2. The summed E-state index contributed by atoms with van der Waals surface area (Å²) in [5.74, 6) is 0.129. The first-order chi connectivity index (χ1) is 56.1. The molecule has 0 radical (unpaired) electrons. The van der Waals surface area contributed by atoms with Crippen LogP contribution < -0.4 is 59.5 Å². The molecule has 0 saturated carbocycles. The van der Waals surface area contributed by atoms with E-state index in [1.165, 1.54) is 63.8 Å². The van der Waals surface area contributed by atoms with E-state index in [1.807, 2.05) is 133 Å². The number of ether oxygens (including phenoxy) is 5. The maximum atomic E-state index is 12.7. The van der Waals surface area contributed by atoms with E-state index in [2.05, 4.69) is 100 Å². The van der Waals surface area contributed by atoms with Crippen molar-refractivity contribution in [2.24, 2.45) is 0 Å². The summed E-state index contributed by atoms with van der Waals surface area (Å²) in [5.41, 5.74) is 4.44. The quantitative estimate of drug-likeness (QED) is 0.0566. The van der Waals surface area contributed by atoms with Crippen molar-refractivity contribution < 1.29 is 86.0 Å². The van der Waals surface area contributed by atoms with Gasteiger partial charge in [0.1, 0.15) is 28.4 Å². The number of aryl methyl sites for hydroxylation is 4. The van der Waals surface area contributed by atoms with E-state index in [1.54, 1.807) is 60.6 Å². The van der Waals surface area contributed by atoms with Gasteiger partial charge < -0.3 is 92.6 Å². The molecule has 0 unspecified atom stereocenters. The van der Waals surface area contributed by atoms with Crippen molar-refractivity contribution in [1.29, 1.82) is 0 Å². The molecule has 9 aromatic heterocycles. The number of hydrogen-bond acceptors (Lipinski definition) is 33. The van der Waals surface area contributed by atoms with Crippen LogP contribution in [0.2, 0.25) is 5.28 Å². The molecule has 4 saturated heterocycles. The molecule has 3 N–H and O–H groups in total. The van der Waals surface area contributed by atoms with Gasteiger partial charge in [-0.15, -0.1) is 0 Å². The maximum Gasteiger partial charge on any atom is 1.00 e. The molecule has 40 nitrogen and oxygen atoms in total. The van der Waals surface area contributed by atoms with Crippen molar-refractivity contribution in [3.8, 4) is 0 Å². The molecule has 42 heteroatoms. The Bertz CT molecular complexity index is 5030. The second-order valence-corrected chi connectivity index (χ2v) is 31.7. The summed E-state index contributed by atoms with van der Waals surface area (Å²) in [6.45, 7) is 29.8. The monoisotopic (exact) mass is 1670 g/mol. The van der Waals surface area contributed by atoms with E-state index in [4.69, 9.17) is 25.8 Å². The molecule has 9 aromatic rings. The average Bonchev–Trinajstić information content (AvgIpc) is 1.65. The van der Waals surface area contributed by atoms with Gasteiger partial charge in [-0.3, -0.25) is 9.59 Å². The van der Waals surface area contributed by atoms with Gasteiger partial charge in [-0.1, -0.05) is 0 Å². The summed E-state index contributed by atoms with van der Waals surface area (Å²) in [6.07, 6.45) is 23.6. The number of nitrogens with one attached hydrogen (secondary N) is 3. The first kappa shape index (κ1) is 93.3. The Morgan fingerprint density at radius 1 is 0.433 bits per heavy atom. The fourth-order valence-electron chi connectivity index (χ4n) is 12.4. The molecule has 13 heterocycles. The van der Waals surface area contributed by atoms with Crippen LogP contribution in [0.1, 0.15) is 163 Å².